The van der Waals surface area contributed by atoms with E-state index >= 15 is 0 Å². The lowest BCUT2D eigenvalue weighted by molar-refractivity contribution is 0.235. The van der Waals surface area contributed by atoms with Gasteiger partial charge in [-0.1, -0.05) is 42.0 Å². The van der Waals surface area contributed by atoms with Crippen molar-refractivity contribution < 1.29 is 14.3 Å². The molecule has 2 aromatic rings. The van der Waals surface area contributed by atoms with E-state index in [2.05, 4.69) is 10.6 Å². The van der Waals surface area contributed by atoms with Gasteiger partial charge in [0.2, 0.25) is 0 Å². The van der Waals surface area contributed by atoms with Crippen molar-refractivity contribution >= 4 is 6.03 Å². The van der Waals surface area contributed by atoms with E-state index in [4.69, 9.17) is 9.47 Å². The Hall–Kier alpha value is -2.69. The summed E-state index contributed by atoms with van der Waals surface area (Å²) in [5.41, 5.74) is 2.27. The standard InChI is InChI=1S/C18H22N2O3/c1-14-7-9-15(10-8-14)13-20-18(21)19-11-12-23-17-6-4-3-5-16(17)22-2/h3-10H,11-13H2,1-2H3,(H2,19,20,21). The zero-order valence-corrected chi connectivity index (χ0v) is 13.5. The van der Waals surface area contributed by atoms with Gasteiger partial charge in [-0.15, -0.1) is 0 Å². The van der Waals surface area contributed by atoms with Crippen LogP contribution in [0.5, 0.6) is 11.5 Å². The molecular formula is C18H22N2O3. The third-order valence-corrected chi connectivity index (χ3v) is 3.29. The van der Waals surface area contributed by atoms with Crippen LogP contribution in [0.2, 0.25) is 0 Å². The minimum absolute atomic E-state index is 0.214. The maximum absolute atomic E-state index is 11.7. The number of urea groups is 1. The number of aryl methyl sites for hydroxylation is 1. The Kier molecular flexibility index (Phi) is 6.29. The maximum Gasteiger partial charge on any atom is 0.315 e. The van der Waals surface area contributed by atoms with E-state index in [9.17, 15) is 4.79 Å². The second-order valence-electron chi connectivity index (χ2n) is 5.09. The van der Waals surface area contributed by atoms with Gasteiger partial charge in [0.25, 0.3) is 0 Å². The van der Waals surface area contributed by atoms with Crippen LogP contribution in [0.3, 0.4) is 0 Å². The number of rotatable bonds is 7. The summed E-state index contributed by atoms with van der Waals surface area (Å²) in [4.78, 5) is 11.7. The molecule has 2 amide bonds. The first-order chi connectivity index (χ1) is 11.2. The Morgan fingerprint density at radius 3 is 2.39 bits per heavy atom. The highest BCUT2D eigenvalue weighted by Crippen LogP contribution is 2.25. The van der Waals surface area contributed by atoms with E-state index in [0.717, 1.165) is 5.56 Å². The van der Waals surface area contributed by atoms with Gasteiger partial charge in [-0.05, 0) is 24.6 Å². The number of benzene rings is 2. The molecule has 5 nitrogen and oxygen atoms in total. The average Bonchev–Trinajstić information content (AvgIpc) is 2.58. The zero-order chi connectivity index (χ0) is 16.5. The van der Waals surface area contributed by atoms with Crippen molar-refractivity contribution in [1.82, 2.24) is 10.6 Å². The minimum atomic E-state index is -0.214. The van der Waals surface area contributed by atoms with Gasteiger partial charge in [0, 0.05) is 6.54 Å². The Morgan fingerprint density at radius 2 is 1.70 bits per heavy atom. The number of nitrogens with one attached hydrogen (secondary N) is 2. The quantitative estimate of drug-likeness (QED) is 0.773. The van der Waals surface area contributed by atoms with Gasteiger partial charge in [0.05, 0.1) is 13.7 Å². The number of ether oxygens (including phenoxy) is 2. The smallest absolute Gasteiger partial charge is 0.315 e. The van der Waals surface area contributed by atoms with Gasteiger partial charge in [-0.3, -0.25) is 0 Å². The highest BCUT2D eigenvalue weighted by Gasteiger charge is 2.03. The van der Waals surface area contributed by atoms with Crippen LogP contribution in [0.1, 0.15) is 11.1 Å². The third-order valence-electron chi connectivity index (χ3n) is 3.29. The number of methoxy groups -OCH3 is 1. The van der Waals surface area contributed by atoms with E-state index in [1.165, 1.54) is 5.56 Å². The molecule has 2 aromatic carbocycles. The Labute approximate surface area is 136 Å². The molecule has 0 spiro atoms. The first-order valence-electron chi connectivity index (χ1n) is 7.52. The normalized spacial score (nSPS) is 10.0. The molecule has 2 rings (SSSR count). The second kappa shape index (κ2) is 8.68. The van der Waals surface area contributed by atoms with Crippen molar-refractivity contribution in [3.05, 3.63) is 59.7 Å². The molecule has 122 valence electrons. The molecule has 0 aliphatic rings. The lowest BCUT2D eigenvalue weighted by atomic mass is 10.1. The SMILES string of the molecule is COc1ccccc1OCCNC(=O)NCc1ccc(C)cc1. The minimum Gasteiger partial charge on any atom is -0.493 e. The summed E-state index contributed by atoms with van der Waals surface area (Å²) >= 11 is 0. The van der Waals surface area contributed by atoms with Crippen LogP contribution in [-0.4, -0.2) is 26.3 Å². The Balaban J connectivity index is 1.66. The molecule has 0 aromatic heterocycles. The highest BCUT2D eigenvalue weighted by molar-refractivity contribution is 5.73. The number of para-hydroxylation sites is 2. The first-order valence-corrected chi connectivity index (χ1v) is 7.52. The van der Waals surface area contributed by atoms with Gasteiger partial charge in [-0.25, -0.2) is 4.79 Å². The lowest BCUT2D eigenvalue weighted by Crippen LogP contribution is -2.37. The van der Waals surface area contributed by atoms with E-state index in [-0.39, 0.29) is 6.03 Å². The van der Waals surface area contributed by atoms with E-state index in [1.54, 1.807) is 7.11 Å². The predicted octanol–water partition coefficient (Wildman–Crippen LogP) is 2.88. The molecule has 0 aliphatic heterocycles. The summed E-state index contributed by atoms with van der Waals surface area (Å²) < 4.78 is 10.8. The maximum atomic E-state index is 11.7. The number of amides is 2. The molecule has 0 heterocycles. The first kappa shape index (κ1) is 16.7. The Morgan fingerprint density at radius 1 is 1.00 bits per heavy atom. The number of hydrogen-bond donors (Lipinski definition) is 2. The van der Waals surface area contributed by atoms with Crippen LogP contribution in [0.15, 0.2) is 48.5 Å². The van der Waals surface area contributed by atoms with Crippen LogP contribution >= 0.6 is 0 Å². The van der Waals surface area contributed by atoms with Crippen molar-refractivity contribution in [3.63, 3.8) is 0 Å². The molecule has 23 heavy (non-hydrogen) atoms. The van der Waals surface area contributed by atoms with Crippen LogP contribution < -0.4 is 20.1 Å². The summed E-state index contributed by atoms with van der Waals surface area (Å²) in [5, 5.41) is 5.57. The fourth-order valence-electron chi connectivity index (χ4n) is 2.01. The van der Waals surface area contributed by atoms with Crippen LogP contribution in [0, 0.1) is 6.92 Å². The fourth-order valence-corrected chi connectivity index (χ4v) is 2.01. The summed E-state index contributed by atoms with van der Waals surface area (Å²) in [7, 11) is 1.60. The molecule has 0 fully saturated rings. The molecule has 0 bridgehead atoms. The van der Waals surface area contributed by atoms with Crippen molar-refractivity contribution in [2.24, 2.45) is 0 Å². The zero-order valence-electron chi connectivity index (χ0n) is 13.5. The van der Waals surface area contributed by atoms with E-state index < -0.39 is 0 Å². The summed E-state index contributed by atoms with van der Waals surface area (Å²) in [6, 6.07) is 15.2. The molecular weight excluding hydrogens is 292 g/mol. The van der Waals surface area contributed by atoms with Gasteiger partial charge < -0.3 is 20.1 Å². The topological polar surface area (TPSA) is 59.6 Å². The third kappa shape index (κ3) is 5.54. The molecule has 0 saturated heterocycles. The van der Waals surface area contributed by atoms with Gasteiger partial charge >= 0.3 is 6.03 Å². The molecule has 0 saturated carbocycles. The lowest BCUT2D eigenvalue weighted by Gasteiger charge is -2.11. The molecule has 5 heteroatoms. The number of carbonyl (C=O) groups is 1. The van der Waals surface area contributed by atoms with E-state index in [1.807, 2.05) is 55.5 Å². The van der Waals surface area contributed by atoms with Crippen molar-refractivity contribution in [2.45, 2.75) is 13.5 Å². The van der Waals surface area contributed by atoms with Gasteiger partial charge in [0.15, 0.2) is 11.5 Å². The van der Waals surface area contributed by atoms with Crippen LogP contribution in [0.25, 0.3) is 0 Å². The number of hydrogen-bond acceptors (Lipinski definition) is 3. The molecule has 2 N–H and O–H groups in total. The summed E-state index contributed by atoms with van der Waals surface area (Å²) in [6.45, 7) is 3.32. The highest BCUT2D eigenvalue weighted by atomic mass is 16.5. The van der Waals surface area contributed by atoms with Gasteiger partial charge in [0.1, 0.15) is 6.61 Å². The molecule has 0 radical (unpaired) electrons. The Bertz CT molecular complexity index is 626. The largest absolute Gasteiger partial charge is 0.493 e. The van der Waals surface area contributed by atoms with Crippen LogP contribution in [-0.2, 0) is 6.54 Å². The van der Waals surface area contributed by atoms with Crippen LogP contribution in [0.4, 0.5) is 4.79 Å². The molecule has 0 atom stereocenters. The number of carbonyl (C=O) groups excluding carboxylic acids is 1. The molecule has 0 aliphatic carbocycles. The summed E-state index contributed by atoms with van der Waals surface area (Å²) in [6.07, 6.45) is 0. The second-order valence-corrected chi connectivity index (χ2v) is 5.09. The van der Waals surface area contributed by atoms with Gasteiger partial charge in [-0.2, -0.15) is 0 Å². The van der Waals surface area contributed by atoms with E-state index in [0.29, 0.717) is 31.2 Å². The van der Waals surface area contributed by atoms with Crippen molar-refractivity contribution in [2.75, 3.05) is 20.3 Å². The summed E-state index contributed by atoms with van der Waals surface area (Å²) in [5.74, 6) is 1.34. The monoisotopic (exact) mass is 314 g/mol. The molecule has 0 unspecified atom stereocenters. The average molecular weight is 314 g/mol. The van der Waals surface area contributed by atoms with Crippen molar-refractivity contribution in [1.29, 1.82) is 0 Å². The fraction of sp³-hybridized carbons (Fsp3) is 0.278. The predicted molar refractivity (Wildman–Crippen MR) is 89.9 cm³/mol. The van der Waals surface area contributed by atoms with Crippen molar-refractivity contribution in [3.8, 4) is 11.5 Å².